The zero-order chi connectivity index (χ0) is 9.61. The Morgan fingerprint density at radius 3 is 2.33 bits per heavy atom. The molecule has 74 valence electrons. The van der Waals surface area contributed by atoms with Crippen molar-refractivity contribution in [2.75, 3.05) is 5.75 Å². The summed E-state index contributed by atoms with van der Waals surface area (Å²) in [6.45, 7) is 1.97. The van der Waals surface area contributed by atoms with E-state index in [0.717, 1.165) is 12.8 Å². The highest BCUT2D eigenvalue weighted by atomic mass is 32.2. The maximum atomic E-state index is 11.6. The third-order valence-corrected chi connectivity index (χ3v) is 2.18. The number of nitrogens with two attached hydrogens (primary N) is 1. The molecule has 0 aromatic carbocycles. The Bertz CT molecular complexity index is 116. The Balaban J connectivity index is 3.31. The van der Waals surface area contributed by atoms with E-state index in [0.29, 0.717) is 6.42 Å². The van der Waals surface area contributed by atoms with E-state index in [9.17, 15) is 13.2 Å². The molecule has 0 spiro atoms. The summed E-state index contributed by atoms with van der Waals surface area (Å²) in [5.41, 5.74) is 1.43. The van der Waals surface area contributed by atoms with Crippen molar-refractivity contribution in [1.82, 2.24) is 0 Å². The van der Waals surface area contributed by atoms with Gasteiger partial charge < -0.3 is 5.73 Å². The molecule has 1 atom stereocenters. The molecule has 0 aromatic heterocycles. The average Bonchev–Trinajstić information content (AvgIpc) is 1.84. The van der Waals surface area contributed by atoms with Gasteiger partial charge in [-0.3, -0.25) is 0 Å². The number of hydrogen-bond donors (Lipinski definition) is 1. The van der Waals surface area contributed by atoms with Crippen LogP contribution in [0.1, 0.15) is 26.2 Å². The van der Waals surface area contributed by atoms with Crippen molar-refractivity contribution in [1.29, 1.82) is 0 Å². The number of alkyl halides is 3. The summed E-state index contributed by atoms with van der Waals surface area (Å²) in [5, 5.41) is 0. The highest BCUT2D eigenvalue weighted by Crippen LogP contribution is 2.30. The number of rotatable bonds is 5. The van der Waals surface area contributed by atoms with Crippen LogP contribution < -0.4 is 5.73 Å². The summed E-state index contributed by atoms with van der Waals surface area (Å²) >= 11 is 0.00776. The van der Waals surface area contributed by atoms with Gasteiger partial charge in [-0.2, -0.15) is 13.2 Å². The van der Waals surface area contributed by atoms with Gasteiger partial charge >= 0.3 is 5.51 Å². The van der Waals surface area contributed by atoms with Crippen LogP contribution in [-0.2, 0) is 0 Å². The second kappa shape index (κ2) is 5.70. The Morgan fingerprint density at radius 2 is 1.92 bits per heavy atom. The lowest BCUT2D eigenvalue weighted by Gasteiger charge is -2.10. The zero-order valence-corrected chi connectivity index (χ0v) is 7.84. The molecule has 0 saturated heterocycles. The number of hydrogen-bond acceptors (Lipinski definition) is 2. The van der Waals surface area contributed by atoms with Gasteiger partial charge in [-0.05, 0) is 12.8 Å². The Labute approximate surface area is 74.9 Å². The molecule has 2 N–H and O–H groups in total. The van der Waals surface area contributed by atoms with Crippen molar-refractivity contribution in [3.63, 3.8) is 0 Å². The molecule has 0 rings (SSSR count). The Hall–Kier alpha value is 0.100. The van der Waals surface area contributed by atoms with E-state index in [1.54, 1.807) is 0 Å². The van der Waals surface area contributed by atoms with Gasteiger partial charge in [0.1, 0.15) is 0 Å². The average molecular weight is 201 g/mol. The smallest absolute Gasteiger partial charge is 0.328 e. The van der Waals surface area contributed by atoms with E-state index in [4.69, 9.17) is 5.73 Å². The summed E-state index contributed by atoms with van der Waals surface area (Å²) in [5.74, 6) is 0.0741. The molecule has 1 unspecified atom stereocenters. The van der Waals surface area contributed by atoms with Crippen LogP contribution in [0, 0.1) is 0 Å². The molecule has 0 amide bonds. The summed E-state index contributed by atoms with van der Waals surface area (Å²) in [6.07, 6.45) is 2.17. The standard InChI is InChI=1S/C7H14F3NS/c1-2-3-6(11)4-5-12-7(8,9)10/h6H,2-5,11H2,1H3. The van der Waals surface area contributed by atoms with E-state index in [1.165, 1.54) is 0 Å². The van der Waals surface area contributed by atoms with Crippen LogP contribution >= 0.6 is 11.8 Å². The second-order valence-electron chi connectivity index (χ2n) is 2.63. The predicted molar refractivity (Wildman–Crippen MR) is 46.0 cm³/mol. The minimum Gasteiger partial charge on any atom is -0.328 e. The molecular formula is C7H14F3NS. The fourth-order valence-corrected chi connectivity index (χ4v) is 1.49. The first kappa shape index (κ1) is 12.1. The van der Waals surface area contributed by atoms with Crippen molar-refractivity contribution in [2.24, 2.45) is 5.73 Å². The second-order valence-corrected chi connectivity index (χ2v) is 3.79. The SMILES string of the molecule is CCCC(N)CCSC(F)(F)F. The minimum absolute atomic E-state index is 0.00776. The third kappa shape index (κ3) is 8.20. The Kier molecular flexibility index (Phi) is 5.74. The maximum Gasteiger partial charge on any atom is 0.441 e. The van der Waals surface area contributed by atoms with Gasteiger partial charge in [0.2, 0.25) is 0 Å². The first-order chi connectivity index (χ1) is 5.45. The third-order valence-electron chi connectivity index (χ3n) is 1.41. The van der Waals surface area contributed by atoms with Crippen molar-refractivity contribution < 1.29 is 13.2 Å². The van der Waals surface area contributed by atoms with Gasteiger partial charge in [0.25, 0.3) is 0 Å². The maximum absolute atomic E-state index is 11.6. The van der Waals surface area contributed by atoms with Crippen molar-refractivity contribution in [3.8, 4) is 0 Å². The molecule has 0 saturated carbocycles. The van der Waals surface area contributed by atoms with Gasteiger partial charge in [-0.25, -0.2) is 0 Å². The molecular weight excluding hydrogens is 187 g/mol. The first-order valence-electron chi connectivity index (χ1n) is 3.92. The van der Waals surface area contributed by atoms with E-state index >= 15 is 0 Å². The molecule has 0 fully saturated rings. The summed E-state index contributed by atoms with van der Waals surface area (Å²) in [7, 11) is 0. The molecule has 1 nitrogen and oxygen atoms in total. The first-order valence-corrected chi connectivity index (χ1v) is 4.90. The lowest BCUT2D eigenvalue weighted by molar-refractivity contribution is -0.0328. The molecule has 0 heterocycles. The number of thioether (sulfide) groups is 1. The lowest BCUT2D eigenvalue weighted by atomic mass is 10.1. The van der Waals surface area contributed by atoms with Crippen molar-refractivity contribution >= 4 is 11.8 Å². The van der Waals surface area contributed by atoms with Crippen LogP contribution in [0.2, 0.25) is 0 Å². The number of halogens is 3. The van der Waals surface area contributed by atoms with E-state index in [2.05, 4.69) is 0 Å². The molecule has 0 aliphatic rings. The topological polar surface area (TPSA) is 26.0 Å². The molecule has 5 heteroatoms. The van der Waals surface area contributed by atoms with E-state index < -0.39 is 5.51 Å². The van der Waals surface area contributed by atoms with Crippen LogP contribution in [0.25, 0.3) is 0 Å². The minimum atomic E-state index is -4.11. The summed E-state index contributed by atoms with van der Waals surface area (Å²) in [4.78, 5) is 0. The zero-order valence-electron chi connectivity index (χ0n) is 7.03. The van der Waals surface area contributed by atoms with Crippen LogP contribution in [-0.4, -0.2) is 17.3 Å². The van der Waals surface area contributed by atoms with E-state index in [-0.39, 0.29) is 23.6 Å². The van der Waals surface area contributed by atoms with Crippen LogP contribution in [0.4, 0.5) is 13.2 Å². The highest BCUT2D eigenvalue weighted by Gasteiger charge is 2.27. The largest absolute Gasteiger partial charge is 0.441 e. The van der Waals surface area contributed by atoms with Crippen molar-refractivity contribution in [3.05, 3.63) is 0 Å². The van der Waals surface area contributed by atoms with Gasteiger partial charge in [0.05, 0.1) is 0 Å². The van der Waals surface area contributed by atoms with Crippen LogP contribution in [0.15, 0.2) is 0 Å². The van der Waals surface area contributed by atoms with Crippen molar-refractivity contribution in [2.45, 2.75) is 37.7 Å². The molecule has 0 radical (unpaired) electrons. The van der Waals surface area contributed by atoms with Crippen LogP contribution in [0.3, 0.4) is 0 Å². The van der Waals surface area contributed by atoms with Gasteiger partial charge in [-0.1, -0.05) is 25.1 Å². The normalized spacial score (nSPS) is 14.8. The predicted octanol–water partition coefficient (Wildman–Crippen LogP) is 2.76. The Morgan fingerprint density at radius 1 is 1.33 bits per heavy atom. The quantitative estimate of drug-likeness (QED) is 0.740. The van der Waals surface area contributed by atoms with Gasteiger partial charge in [0, 0.05) is 11.8 Å². The van der Waals surface area contributed by atoms with Gasteiger partial charge in [-0.15, -0.1) is 0 Å². The molecule has 12 heavy (non-hydrogen) atoms. The monoisotopic (exact) mass is 201 g/mol. The molecule has 0 aromatic rings. The van der Waals surface area contributed by atoms with E-state index in [1.807, 2.05) is 6.92 Å². The van der Waals surface area contributed by atoms with Gasteiger partial charge in [0.15, 0.2) is 0 Å². The summed E-state index contributed by atoms with van der Waals surface area (Å²) < 4.78 is 34.8. The highest BCUT2D eigenvalue weighted by molar-refractivity contribution is 8.00. The summed E-state index contributed by atoms with van der Waals surface area (Å²) in [6, 6.07) is -0.0788. The van der Waals surface area contributed by atoms with Crippen LogP contribution in [0.5, 0.6) is 0 Å². The lowest BCUT2D eigenvalue weighted by Crippen LogP contribution is -2.20. The molecule has 0 aliphatic carbocycles. The fourth-order valence-electron chi connectivity index (χ4n) is 0.841. The fraction of sp³-hybridized carbons (Fsp3) is 1.00. The molecule has 0 aliphatic heterocycles. The molecule has 0 bridgehead atoms.